The number of nitrogens with zero attached hydrogens (tertiary/aromatic N) is 2. The van der Waals surface area contributed by atoms with Crippen molar-refractivity contribution in [1.29, 1.82) is 0 Å². The average Bonchev–Trinajstić information content (AvgIpc) is 2.42. The highest BCUT2D eigenvalue weighted by molar-refractivity contribution is 5.73. The van der Waals surface area contributed by atoms with Gasteiger partial charge in [0.25, 0.3) is 0 Å². The summed E-state index contributed by atoms with van der Waals surface area (Å²) in [5, 5.41) is 0. The van der Waals surface area contributed by atoms with Crippen molar-refractivity contribution >= 4 is 6.03 Å². The Labute approximate surface area is 115 Å². The van der Waals surface area contributed by atoms with E-state index in [2.05, 4.69) is 0 Å². The molecule has 2 aliphatic rings. The molecule has 2 rings (SSSR count). The third kappa shape index (κ3) is 3.03. The highest BCUT2D eigenvalue weighted by atomic mass is 16.5. The lowest BCUT2D eigenvalue weighted by Crippen LogP contribution is -2.52. The van der Waals surface area contributed by atoms with Crippen molar-refractivity contribution in [2.45, 2.75) is 19.3 Å². The Hall–Kier alpha value is -0.810. The van der Waals surface area contributed by atoms with E-state index >= 15 is 0 Å². The number of carbonyl (C=O) groups is 1. The van der Waals surface area contributed by atoms with Gasteiger partial charge in [-0.05, 0) is 24.7 Å². The molecule has 2 saturated heterocycles. The smallest absolute Gasteiger partial charge is 0.319 e. The summed E-state index contributed by atoms with van der Waals surface area (Å²) in [7, 11) is 5.39. The van der Waals surface area contributed by atoms with Crippen molar-refractivity contribution < 1.29 is 14.3 Å². The van der Waals surface area contributed by atoms with E-state index in [0.29, 0.717) is 11.3 Å². The van der Waals surface area contributed by atoms with E-state index < -0.39 is 0 Å². The van der Waals surface area contributed by atoms with E-state index in [4.69, 9.17) is 9.47 Å². The predicted molar refractivity (Wildman–Crippen MR) is 73.1 cm³/mol. The Balaban J connectivity index is 1.97. The molecule has 0 radical (unpaired) electrons. The molecule has 0 N–H and O–H groups in total. The third-order valence-corrected chi connectivity index (χ3v) is 4.71. The molecule has 5 nitrogen and oxygen atoms in total. The fraction of sp³-hybridized carbons (Fsp3) is 0.929. The van der Waals surface area contributed by atoms with Crippen LogP contribution < -0.4 is 0 Å². The number of ether oxygens (including phenoxy) is 2. The number of hydrogen-bond acceptors (Lipinski definition) is 3. The van der Waals surface area contributed by atoms with Crippen molar-refractivity contribution in [3.05, 3.63) is 0 Å². The summed E-state index contributed by atoms with van der Waals surface area (Å²) in [6, 6.07) is 0.130. The SMILES string of the molecule is COCC1COCCC12CCN(C(=O)N(C)C)CC2. The number of carbonyl (C=O) groups excluding carboxylic acids is 1. The molecule has 0 saturated carbocycles. The van der Waals surface area contributed by atoms with E-state index in [0.717, 1.165) is 52.2 Å². The number of piperidine rings is 1. The normalized spacial score (nSPS) is 26.5. The summed E-state index contributed by atoms with van der Waals surface area (Å²) in [5.74, 6) is 0.475. The maximum Gasteiger partial charge on any atom is 0.319 e. The summed E-state index contributed by atoms with van der Waals surface area (Å²) in [6.45, 7) is 4.13. The molecule has 2 fully saturated rings. The van der Waals surface area contributed by atoms with Crippen molar-refractivity contribution in [2.24, 2.45) is 11.3 Å². The minimum absolute atomic E-state index is 0.130. The van der Waals surface area contributed by atoms with Gasteiger partial charge in [-0.2, -0.15) is 0 Å². The van der Waals surface area contributed by atoms with Gasteiger partial charge in [0.05, 0.1) is 13.2 Å². The Bertz CT molecular complexity index is 310. The van der Waals surface area contributed by atoms with Crippen LogP contribution in [0.4, 0.5) is 4.79 Å². The van der Waals surface area contributed by atoms with Crippen LogP contribution in [-0.2, 0) is 9.47 Å². The number of likely N-dealkylation sites (tertiary alicyclic amines) is 1. The second kappa shape index (κ2) is 6.09. The lowest BCUT2D eigenvalue weighted by atomic mass is 9.66. The van der Waals surface area contributed by atoms with E-state index in [1.807, 2.05) is 19.0 Å². The van der Waals surface area contributed by atoms with Gasteiger partial charge >= 0.3 is 6.03 Å². The lowest BCUT2D eigenvalue weighted by molar-refractivity contribution is -0.0911. The fourth-order valence-corrected chi connectivity index (χ4v) is 3.39. The molecule has 2 amide bonds. The Kier molecular flexibility index (Phi) is 4.68. The molecule has 2 heterocycles. The van der Waals surface area contributed by atoms with Crippen molar-refractivity contribution in [1.82, 2.24) is 9.80 Å². The summed E-state index contributed by atoms with van der Waals surface area (Å²) in [6.07, 6.45) is 3.25. The van der Waals surface area contributed by atoms with Crippen LogP contribution in [0, 0.1) is 11.3 Å². The van der Waals surface area contributed by atoms with Gasteiger partial charge in [0, 0.05) is 46.8 Å². The van der Waals surface area contributed by atoms with Gasteiger partial charge in [-0.3, -0.25) is 0 Å². The lowest BCUT2D eigenvalue weighted by Gasteiger charge is -2.49. The summed E-state index contributed by atoms with van der Waals surface area (Å²) >= 11 is 0. The quantitative estimate of drug-likeness (QED) is 0.762. The highest BCUT2D eigenvalue weighted by Gasteiger charge is 2.44. The molecular weight excluding hydrogens is 244 g/mol. The number of urea groups is 1. The van der Waals surface area contributed by atoms with Crippen molar-refractivity contribution in [2.75, 3.05) is 54.1 Å². The van der Waals surface area contributed by atoms with Gasteiger partial charge in [0.2, 0.25) is 0 Å². The monoisotopic (exact) mass is 270 g/mol. The van der Waals surface area contributed by atoms with E-state index in [-0.39, 0.29) is 6.03 Å². The maximum atomic E-state index is 12.0. The zero-order chi connectivity index (χ0) is 13.9. The van der Waals surface area contributed by atoms with Gasteiger partial charge in [-0.1, -0.05) is 0 Å². The molecule has 0 aromatic carbocycles. The molecule has 0 bridgehead atoms. The van der Waals surface area contributed by atoms with E-state index in [1.165, 1.54) is 0 Å². The van der Waals surface area contributed by atoms with Gasteiger partial charge in [0.15, 0.2) is 0 Å². The first-order chi connectivity index (χ1) is 9.09. The second-order valence-corrected chi connectivity index (χ2v) is 6.00. The molecule has 5 heteroatoms. The minimum Gasteiger partial charge on any atom is -0.384 e. The first-order valence-corrected chi connectivity index (χ1v) is 7.12. The molecule has 2 aliphatic heterocycles. The van der Waals surface area contributed by atoms with Crippen molar-refractivity contribution in [3.63, 3.8) is 0 Å². The van der Waals surface area contributed by atoms with Gasteiger partial charge in [0.1, 0.15) is 0 Å². The van der Waals surface area contributed by atoms with Crippen LogP contribution in [0.25, 0.3) is 0 Å². The predicted octanol–water partition coefficient (Wildman–Crippen LogP) is 1.43. The molecule has 1 spiro atoms. The van der Waals surface area contributed by atoms with Crippen LogP contribution in [0.15, 0.2) is 0 Å². The summed E-state index contributed by atoms with van der Waals surface area (Å²) in [4.78, 5) is 15.6. The van der Waals surface area contributed by atoms with E-state index in [9.17, 15) is 4.79 Å². The van der Waals surface area contributed by atoms with Crippen molar-refractivity contribution in [3.8, 4) is 0 Å². The molecular formula is C14H26N2O3. The zero-order valence-corrected chi connectivity index (χ0v) is 12.4. The number of rotatable bonds is 2. The van der Waals surface area contributed by atoms with Crippen LogP contribution >= 0.6 is 0 Å². The topological polar surface area (TPSA) is 42.0 Å². The standard InChI is InChI=1S/C14H26N2O3/c1-15(2)13(17)16-7-4-14(5-8-16)6-9-19-11-12(14)10-18-3/h12H,4-11H2,1-3H3. The molecule has 0 aromatic rings. The number of amides is 2. The molecule has 110 valence electrons. The van der Waals surface area contributed by atoms with Crippen LogP contribution in [0.5, 0.6) is 0 Å². The Morgan fingerprint density at radius 2 is 2.05 bits per heavy atom. The van der Waals surface area contributed by atoms with Gasteiger partial charge in [-0.15, -0.1) is 0 Å². The van der Waals surface area contributed by atoms with Gasteiger partial charge < -0.3 is 19.3 Å². The highest BCUT2D eigenvalue weighted by Crippen LogP contribution is 2.44. The largest absolute Gasteiger partial charge is 0.384 e. The molecule has 0 aromatic heterocycles. The molecule has 1 unspecified atom stereocenters. The van der Waals surface area contributed by atoms with E-state index in [1.54, 1.807) is 12.0 Å². The Morgan fingerprint density at radius 1 is 1.37 bits per heavy atom. The summed E-state index contributed by atoms with van der Waals surface area (Å²) < 4.78 is 11.0. The van der Waals surface area contributed by atoms with Crippen LogP contribution in [0.3, 0.4) is 0 Å². The van der Waals surface area contributed by atoms with Gasteiger partial charge in [-0.25, -0.2) is 4.79 Å². The molecule has 0 aliphatic carbocycles. The maximum absolute atomic E-state index is 12.0. The molecule has 19 heavy (non-hydrogen) atoms. The summed E-state index contributed by atoms with van der Waals surface area (Å²) in [5.41, 5.74) is 0.317. The van der Waals surface area contributed by atoms with Crippen LogP contribution in [0.2, 0.25) is 0 Å². The Morgan fingerprint density at radius 3 is 2.63 bits per heavy atom. The second-order valence-electron chi connectivity index (χ2n) is 6.00. The average molecular weight is 270 g/mol. The third-order valence-electron chi connectivity index (χ3n) is 4.71. The molecule has 1 atom stereocenters. The fourth-order valence-electron chi connectivity index (χ4n) is 3.39. The minimum atomic E-state index is 0.130. The number of methoxy groups -OCH3 is 1. The number of hydrogen-bond donors (Lipinski definition) is 0. The zero-order valence-electron chi connectivity index (χ0n) is 12.4. The first kappa shape index (κ1) is 14.6. The van der Waals surface area contributed by atoms with Crippen LogP contribution in [-0.4, -0.2) is 69.9 Å². The first-order valence-electron chi connectivity index (χ1n) is 7.12. The van der Waals surface area contributed by atoms with Crippen LogP contribution in [0.1, 0.15) is 19.3 Å².